The second-order valence-corrected chi connectivity index (χ2v) is 16.1. The van der Waals surface area contributed by atoms with Crippen LogP contribution in [0.1, 0.15) is 79.5 Å². The highest BCUT2D eigenvalue weighted by molar-refractivity contribution is 6.36. The predicted octanol–water partition coefficient (Wildman–Crippen LogP) is 13.8. The van der Waals surface area contributed by atoms with E-state index in [1.807, 2.05) is 12.1 Å². The van der Waals surface area contributed by atoms with E-state index < -0.39 is 0 Å². The van der Waals surface area contributed by atoms with Gasteiger partial charge < -0.3 is 0 Å². The third-order valence-electron chi connectivity index (χ3n) is 10.6. The molecule has 49 heavy (non-hydrogen) atoms. The molecule has 0 aliphatic heterocycles. The molecule has 0 unspecified atom stereocenters. The molecular formula is C47H40Cl2. The Kier molecular flexibility index (Phi) is 7.75. The molecule has 0 atom stereocenters. The minimum absolute atomic E-state index is 0.0514. The zero-order valence-electron chi connectivity index (χ0n) is 28.7. The first-order chi connectivity index (χ1) is 23.5. The van der Waals surface area contributed by atoms with E-state index in [0.717, 1.165) is 49.1 Å². The van der Waals surface area contributed by atoms with Gasteiger partial charge >= 0.3 is 0 Å². The van der Waals surface area contributed by atoms with Gasteiger partial charge in [-0.3, -0.25) is 0 Å². The van der Waals surface area contributed by atoms with E-state index in [4.69, 9.17) is 23.2 Å². The average Bonchev–Trinajstić information content (AvgIpc) is 3.76. The van der Waals surface area contributed by atoms with Crippen molar-refractivity contribution in [2.24, 2.45) is 0 Å². The summed E-state index contributed by atoms with van der Waals surface area (Å²) >= 11 is 13.5. The number of rotatable bonds is 5. The Morgan fingerprint density at radius 1 is 0.612 bits per heavy atom. The molecule has 0 N–H and O–H groups in total. The maximum absolute atomic E-state index is 6.77. The second kappa shape index (κ2) is 11.9. The van der Waals surface area contributed by atoms with Crippen molar-refractivity contribution >= 4 is 50.3 Å². The monoisotopic (exact) mass is 674 g/mol. The maximum atomic E-state index is 6.77. The van der Waals surface area contributed by atoms with Crippen LogP contribution in [-0.4, -0.2) is 0 Å². The van der Waals surface area contributed by atoms with E-state index in [-0.39, 0.29) is 10.8 Å². The van der Waals surface area contributed by atoms with Crippen LogP contribution < -0.4 is 0 Å². The van der Waals surface area contributed by atoms with Crippen LogP contribution in [0.5, 0.6) is 0 Å². The largest absolute Gasteiger partial charge is 0.0837 e. The Bertz CT molecular complexity index is 2290. The molecule has 2 aliphatic rings. The lowest BCUT2D eigenvalue weighted by atomic mass is 9.78. The molecule has 242 valence electrons. The molecule has 2 heteroatoms. The highest BCUT2D eigenvalue weighted by atomic mass is 35.5. The third kappa shape index (κ3) is 5.56. The Morgan fingerprint density at radius 3 is 1.73 bits per heavy atom. The fourth-order valence-corrected chi connectivity index (χ4v) is 8.27. The molecule has 0 heterocycles. The first kappa shape index (κ1) is 31.9. The lowest BCUT2D eigenvalue weighted by Gasteiger charge is -2.26. The van der Waals surface area contributed by atoms with Gasteiger partial charge in [0.25, 0.3) is 0 Å². The van der Waals surface area contributed by atoms with Crippen molar-refractivity contribution in [3.8, 4) is 11.1 Å². The molecule has 0 bridgehead atoms. The van der Waals surface area contributed by atoms with Crippen LogP contribution in [0.4, 0.5) is 0 Å². The zero-order chi connectivity index (χ0) is 34.1. The highest BCUT2D eigenvalue weighted by Crippen LogP contribution is 2.47. The second-order valence-electron chi connectivity index (χ2n) is 15.2. The number of hydrogen-bond donors (Lipinski definition) is 0. The van der Waals surface area contributed by atoms with Crippen molar-refractivity contribution < 1.29 is 0 Å². The van der Waals surface area contributed by atoms with Crippen LogP contribution in [-0.2, 0) is 17.3 Å². The lowest BCUT2D eigenvalue weighted by molar-refractivity contribution is 0.589. The van der Waals surface area contributed by atoms with Gasteiger partial charge in [0.1, 0.15) is 0 Å². The quantitative estimate of drug-likeness (QED) is 0.170. The van der Waals surface area contributed by atoms with E-state index in [2.05, 4.69) is 156 Å². The SMILES string of the molecule is CC(C)(C)c1cc2c(c(C3C=CC=C3)c1)Cc1ccc(C(C)(C)C=C(c3ccc(Cl)c4ccccc34)c3ccc(Cl)c4ccccc34)cc1-2. The van der Waals surface area contributed by atoms with Crippen LogP contribution in [0, 0.1) is 0 Å². The average molecular weight is 676 g/mol. The Balaban J connectivity index is 1.33. The molecule has 6 aromatic carbocycles. The van der Waals surface area contributed by atoms with Crippen LogP contribution in [0.25, 0.3) is 38.2 Å². The molecule has 6 aromatic rings. The first-order valence-electron chi connectivity index (χ1n) is 17.2. The van der Waals surface area contributed by atoms with Gasteiger partial charge in [-0.05, 0) is 96.5 Å². The van der Waals surface area contributed by atoms with Crippen LogP contribution in [0.2, 0.25) is 10.0 Å². The van der Waals surface area contributed by atoms with Gasteiger partial charge in [-0.2, -0.15) is 0 Å². The molecule has 0 nitrogen and oxygen atoms in total. The van der Waals surface area contributed by atoms with Crippen molar-refractivity contribution in [1.82, 2.24) is 0 Å². The maximum Gasteiger partial charge on any atom is 0.0484 e. The predicted molar refractivity (Wildman–Crippen MR) is 212 cm³/mol. The number of hydrogen-bond acceptors (Lipinski definition) is 0. The number of allylic oxidation sites excluding steroid dienone is 5. The van der Waals surface area contributed by atoms with Crippen molar-refractivity contribution in [2.75, 3.05) is 0 Å². The van der Waals surface area contributed by atoms with E-state index in [1.165, 1.54) is 44.5 Å². The Morgan fingerprint density at radius 2 is 1.16 bits per heavy atom. The fourth-order valence-electron chi connectivity index (χ4n) is 7.81. The Labute approximate surface area is 300 Å². The van der Waals surface area contributed by atoms with Crippen molar-refractivity contribution in [2.45, 2.75) is 57.8 Å². The van der Waals surface area contributed by atoms with Gasteiger partial charge in [-0.15, -0.1) is 0 Å². The molecule has 0 amide bonds. The molecule has 0 spiro atoms. The zero-order valence-corrected chi connectivity index (χ0v) is 30.3. The summed E-state index contributed by atoms with van der Waals surface area (Å²) in [6.45, 7) is 11.6. The number of benzene rings is 6. The summed E-state index contributed by atoms with van der Waals surface area (Å²) in [7, 11) is 0. The van der Waals surface area contributed by atoms with E-state index in [0.29, 0.717) is 5.92 Å². The molecule has 0 saturated heterocycles. The molecule has 2 aliphatic carbocycles. The van der Waals surface area contributed by atoms with Gasteiger partial charge in [-0.1, -0.05) is 173 Å². The molecule has 8 rings (SSSR count). The minimum atomic E-state index is -0.310. The molecule has 0 fully saturated rings. The van der Waals surface area contributed by atoms with Gasteiger partial charge in [-0.25, -0.2) is 0 Å². The minimum Gasteiger partial charge on any atom is -0.0837 e. The first-order valence-corrected chi connectivity index (χ1v) is 18.0. The van der Waals surface area contributed by atoms with Crippen molar-refractivity contribution in [1.29, 1.82) is 0 Å². The normalized spacial score (nSPS) is 14.1. The van der Waals surface area contributed by atoms with Crippen molar-refractivity contribution in [3.05, 3.63) is 182 Å². The molecule has 0 saturated carbocycles. The fraction of sp³-hybridized carbons (Fsp3) is 0.191. The summed E-state index contributed by atoms with van der Waals surface area (Å²) in [5, 5.41) is 5.89. The van der Waals surface area contributed by atoms with E-state index in [1.54, 1.807) is 0 Å². The standard InChI is InChI=1S/C47H40Cl2/c1-46(2,3)32-26-39(29-12-6-7-13-29)41-24-30-18-19-31(25-40(30)42(41)27-32)47(4,5)28-43(35-20-22-44(48)37-16-10-8-14-33(35)37)36-21-23-45(49)38-17-11-9-15-34(36)38/h6-23,25-29H,24H2,1-5H3. The van der Waals surface area contributed by atoms with E-state index in [9.17, 15) is 0 Å². The summed E-state index contributed by atoms with van der Waals surface area (Å²) in [5.41, 5.74) is 13.0. The summed E-state index contributed by atoms with van der Waals surface area (Å²) in [4.78, 5) is 0. The summed E-state index contributed by atoms with van der Waals surface area (Å²) in [6.07, 6.45) is 12.4. The van der Waals surface area contributed by atoms with Crippen LogP contribution >= 0.6 is 23.2 Å². The summed E-state index contributed by atoms with van der Waals surface area (Å²) in [6, 6.07) is 37.4. The highest BCUT2D eigenvalue weighted by Gasteiger charge is 2.30. The molecule has 0 aromatic heterocycles. The van der Waals surface area contributed by atoms with Gasteiger partial charge in [0.05, 0.1) is 0 Å². The van der Waals surface area contributed by atoms with Crippen molar-refractivity contribution in [3.63, 3.8) is 0 Å². The van der Waals surface area contributed by atoms with Gasteiger partial charge in [0.2, 0.25) is 0 Å². The topological polar surface area (TPSA) is 0 Å². The number of halogens is 2. The summed E-state index contributed by atoms with van der Waals surface area (Å²) in [5.74, 6) is 0.329. The number of fused-ring (bicyclic) bond motifs is 5. The Hall–Kier alpha value is -4.36. The van der Waals surface area contributed by atoms with Crippen LogP contribution in [0.3, 0.4) is 0 Å². The molecular weight excluding hydrogens is 635 g/mol. The molecule has 0 radical (unpaired) electrons. The van der Waals surface area contributed by atoms with Gasteiger partial charge in [0.15, 0.2) is 0 Å². The van der Waals surface area contributed by atoms with E-state index >= 15 is 0 Å². The smallest absolute Gasteiger partial charge is 0.0484 e. The van der Waals surface area contributed by atoms with Gasteiger partial charge in [0, 0.05) is 32.2 Å². The third-order valence-corrected chi connectivity index (χ3v) is 11.3. The summed E-state index contributed by atoms with van der Waals surface area (Å²) < 4.78 is 0. The van der Waals surface area contributed by atoms with Crippen LogP contribution in [0.15, 0.2) is 134 Å². The lowest BCUT2D eigenvalue weighted by Crippen LogP contribution is -2.15.